The van der Waals surface area contributed by atoms with Crippen molar-refractivity contribution in [2.24, 2.45) is 0 Å². The summed E-state index contributed by atoms with van der Waals surface area (Å²) in [6, 6.07) is 5.93. The molecule has 0 aliphatic carbocycles. The maximum absolute atomic E-state index is 13.1. The molecule has 0 radical (unpaired) electrons. The van der Waals surface area contributed by atoms with Gasteiger partial charge in [0.05, 0.1) is 11.8 Å². The first-order chi connectivity index (χ1) is 13.6. The van der Waals surface area contributed by atoms with Gasteiger partial charge in [0, 0.05) is 24.5 Å². The number of nitrogens with zero attached hydrogens (tertiary/aromatic N) is 5. The minimum absolute atomic E-state index is 0.0889. The van der Waals surface area contributed by atoms with Crippen LogP contribution in [0, 0.1) is 0 Å². The molecule has 0 atom stereocenters. The molecule has 1 aliphatic rings. The number of carbonyl (C=O) groups is 1. The molecule has 28 heavy (non-hydrogen) atoms. The lowest BCUT2D eigenvalue weighted by Crippen LogP contribution is -2.49. The molecule has 0 spiro atoms. The van der Waals surface area contributed by atoms with Crippen molar-refractivity contribution in [1.82, 2.24) is 30.0 Å². The Hall–Kier alpha value is -3.00. The summed E-state index contributed by atoms with van der Waals surface area (Å²) in [5.74, 6) is 0.988. The average molecular weight is 380 g/mol. The Kier molecular flexibility index (Phi) is 5.21. The Balaban J connectivity index is 1.55. The van der Waals surface area contributed by atoms with Crippen molar-refractivity contribution in [2.45, 2.75) is 38.8 Å². The van der Waals surface area contributed by atoms with Crippen LogP contribution >= 0.6 is 0 Å². The molecule has 1 amide bonds. The van der Waals surface area contributed by atoms with E-state index in [1.54, 1.807) is 23.3 Å². The van der Waals surface area contributed by atoms with Crippen LogP contribution in [0.1, 0.15) is 37.2 Å². The number of carbonyl (C=O) groups excluding carboxylic acids is 1. The van der Waals surface area contributed by atoms with Gasteiger partial charge in [-0.1, -0.05) is 6.07 Å². The topological polar surface area (TPSA) is 89.1 Å². The van der Waals surface area contributed by atoms with Gasteiger partial charge in [-0.25, -0.2) is 14.6 Å². The first-order valence-electron chi connectivity index (χ1n) is 9.59. The molecule has 8 heteroatoms. The zero-order valence-corrected chi connectivity index (χ0v) is 16.1. The Morgan fingerprint density at radius 3 is 2.86 bits per heavy atom. The third kappa shape index (κ3) is 3.68. The largest absolute Gasteiger partial charge is 0.444 e. The zero-order chi connectivity index (χ0) is 19.5. The fraction of sp³-hybridized carbons (Fsp3) is 0.400. The number of aromatic nitrogens is 4. The van der Waals surface area contributed by atoms with Gasteiger partial charge < -0.3 is 14.6 Å². The first kappa shape index (κ1) is 18.4. The van der Waals surface area contributed by atoms with Crippen LogP contribution in [0.5, 0.6) is 0 Å². The lowest BCUT2D eigenvalue weighted by molar-refractivity contribution is 0.0559. The van der Waals surface area contributed by atoms with E-state index < -0.39 is 0 Å². The summed E-state index contributed by atoms with van der Waals surface area (Å²) in [5, 5.41) is 7.65. The summed E-state index contributed by atoms with van der Waals surface area (Å²) < 4.78 is 7.24. The van der Waals surface area contributed by atoms with Gasteiger partial charge in [-0.15, -0.1) is 0 Å². The molecule has 146 valence electrons. The highest BCUT2D eigenvalue weighted by molar-refractivity contribution is 5.93. The lowest BCUT2D eigenvalue weighted by atomic mass is 10.0. The van der Waals surface area contributed by atoms with Crippen molar-refractivity contribution < 1.29 is 9.21 Å². The Labute approximate surface area is 163 Å². The minimum atomic E-state index is -0.0889. The van der Waals surface area contributed by atoms with Gasteiger partial charge in [0.1, 0.15) is 6.26 Å². The van der Waals surface area contributed by atoms with Gasteiger partial charge >= 0.3 is 0 Å². The highest BCUT2D eigenvalue weighted by Gasteiger charge is 2.30. The standard InChI is InChI=1S/C20H24N6O2/c1-14(2)26(16-6-9-21-10-7-16)20(27)17-13-28-19(24-17)15-11-23-25(12-15)18-5-3-4-8-22-18/h3-5,8,11-14,16,21H,6-7,9-10H2,1-2H3. The predicted molar refractivity (Wildman–Crippen MR) is 104 cm³/mol. The van der Waals surface area contributed by atoms with Gasteiger partial charge in [-0.3, -0.25) is 4.79 Å². The van der Waals surface area contributed by atoms with Crippen LogP contribution in [0.3, 0.4) is 0 Å². The van der Waals surface area contributed by atoms with Crippen molar-refractivity contribution in [3.63, 3.8) is 0 Å². The number of hydrogen-bond acceptors (Lipinski definition) is 6. The van der Waals surface area contributed by atoms with E-state index in [1.165, 1.54) is 6.26 Å². The van der Waals surface area contributed by atoms with Crippen molar-refractivity contribution in [2.75, 3.05) is 13.1 Å². The quantitative estimate of drug-likeness (QED) is 0.732. The van der Waals surface area contributed by atoms with Crippen LogP contribution in [-0.2, 0) is 0 Å². The number of oxazole rings is 1. The Bertz CT molecular complexity index is 927. The van der Waals surface area contributed by atoms with E-state index in [0.29, 0.717) is 23.0 Å². The number of hydrogen-bond donors (Lipinski definition) is 1. The van der Waals surface area contributed by atoms with Crippen LogP contribution in [0.2, 0.25) is 0 Å². The summed E-state index contributed by atoms with van der Waals surface area (Å²) >= 11 is 0. The fourth-order valence-electron chi connectivity index (χ4n) is 3.59. The van der Waals surface area contributed by atoms with Gasteiger partial charge in [-0.2, -0.15) is 5.10 Å². The van der Waals surface area contributed by atoms with Crippen molar-refractivity contribution in [3.8, 4) is 17.3 Å². The number of nitrogens with one attached hydrogen (secondary N) is 1. The average Bonchev–Trinajstić information content (AvgIpc) is 3.39. The summed E-state index contributed by atoms with van der Waals surface area (Å²) in [5.41, 5.74) is 1.02. The molecule has 4 heterocycles. The number of pyridine rings is 1. The number of rotatable bonds is 5. The van der Waals surface area contributed by atoms with E-state index in [9.17, 15) is 4.79 Å². The van der Waals surface area contributed by atoms with Gasteiger partial charge in [0.2, 0.25) is 5.89 Å². The second-order valence-corrected chi connectivity index (χ2v) is 7.19. The van der Waals surface area contributed by atoms with Crippen LogP contribution in [0.4, 0.5) is 0 Å². The van der Waals surface area contributed by atoms with Gasteiger partial charge in [0.25, 0.3) is 5.91 Å². The molecule has 0 bridgehead atoms. The van der Waals surface area contributed by atoms with E-state index in [1.807, 2.05) is 36.9 Å². The molecular formula is C20H24N6O2. The van der Waals surface area contributed by atoms with Crippen LogP contribution in [0.15, 0.2) is 47.5 Å². The third-order valence-electron chi connectivity index (χ3n) is 4.93. The van der Waals surface area contributed by atoms with E-state index in [0.717, 1.165) is 25.9 Å². The second kappa shape index (κ2) is 7.93. The molecule has 3 aromatic rings. The van der Waals surface area contributed by atoms with Crippen molar-refractivity contribution >= 4 is 5.91 Å². The molecule has 0 unspecified atom stereocenters. The second-order valence-electron chi connectivity index (χ2n) is 7.19. The fourth-order valence-corrected chi connectivity index (χ4v) is 3.59. The number of amides is 1. The molecule has 1 saturated heterocycles. The maximum Gasteiger partial charge on any atom is 0.276 e. The van der Waals surface area contributed by atoms with Crippen molar-refractivity contribution in [1.29, 1.82) is 0 Å². The summed E-state index contributed by atoms with van der Waals surface area (Å²) in [6.07, 6.45) is 8.49. The van der Waals surface area contributed by atoms with Crippen LogP contribution in [-0.4, -0.2) is 55.7 Å². The summed E-state index contributed by atoms with van der Waals surface area (Å²) in [7, 11) is 0. The molecule has 1 fully saturated rings. The van der Waals surface area contributed by atoms with Crippen LogP contribution < -0.4 is 5.32 Å². The Morgan fingerprint density at radius 2 is 2.14 bits per heavy atom. The highest BCUT2D eigenvalue weighted by atomic mass is 16.3. The van der Waals surface area contributed by atoms with E-state index >= 15 is 0 Å². The normalized spacial score (nSPS) is 15.1. The predicted octanol–water partition coefficient (Wildman–Crippen LogP) is 2.52. The third-order valence-corrected chi connectivity index (χ3v) is 4.93. The molecular weight excluding hydrogens is 356 g/mol. The smallest absolute Gasteiger partial charge is 0.276 e. The maximum atomic E-state index is 13.1. The molecule has 3 aromatic heterocycles. The molecule has 0 saturated carbocycles. The lowest BCUT2D eigenvalue weighted by Gasteiger charge is -2.37. The molecule has 8 nitrogen and oxygen atoms in total. The number of piperidine rings is 1. The monoisotopic (exact) mass is 380 g/mol. The van der Waals surface area contributed by atoms with E-state index in [2.05, 4.69) is 20.4 Å². The molecule has 1 N–H and O–H groups in total. The van der Waals surface area contributed by atoms with Crippen LogP contribution in [0.25, 0.3) is 17.3 Å². The zero-order valence-electron chi connectivity index (χ0n) is 16.1. The first-order valence-corrected chi connectivity index (χ1v) is 9.59. The highest BCUT2D eigenvalue weighted by Crippen LogP contribution is 2.22. The molecule has 1 aliphatic heterocycles. The molecule has 4 rings (SSSR count). The van der Waals surface area contributed by atoms with Crippen molar-refractivity contribution in [3.05, 3.63) is 48.7 Å². The van der Waals surface area contributed by atoms with Gasteiger partial charge in [0.15, 0.2) is 11.5 Å². The molecule has 0 aromatic carbocycles. The van der Waals surface area contributed by atoms with E-state index in [-0.39, 0.29) is 18.0 Å². The Morgan fingerprint density at radius 1 is 1.32 bits per heavy atom. The summed E-state index contributed by atoms with van der Waals surface area (Å²) in [4.78, 5) is 23.7. The van der Waals surface area contributed by atoms with Gasteiger partial charge in [-0.05, 0) is 51.9 Å². The van der Waals surface area contributed by atoms with E-state index in [4.69, 9.17) is 4.42 Å². The summed E-state index contributed by atoms with van der Waals surface area (Å²) in [6.45, 7) is 5.94. The SMILES string of the molecule is CC(C)N(C(=O)c1coc(-c2cnn(-c3ccccn3)c2)n1)C1CCNCC1. The minimum Gasteiger partial charge on any atom is -0.444 e.